The highest BCUT2D eigenvalue weighted by Crippen LogP contribution is 2.43. The summed E-state index contributed by atoms with van der Waals surface area (Å²) in [6, 6.07) is 8.19. The Kier molecular flexibility index (Phi) is 5.45. The highest BCUT2D eigenvalue weighted by Gasteiger charge is 2.50. The summed E-state index contributed by atoms with van der Waals surface area (Å²) in [5.41, 5.74) is 1.35. The van der Waals surface area contributed by atoms with E-state index >= 15 is 0 Å². The fourth-order valence-electron chi connectivity index (χ4n) is 5.79. The average molecular weight is 437 g/mol. The molecule has 3 fully saturated rings. The molecule has 0 bridgehead atoms. The Bertz CT molecular complexity index is 1030. The minimum atomic E-state index is -0.734. The number of likely N-dealkylation sites (tertiary alicyclic amines) is 1. The Morgan fingerprint density at radius 3 is 2.81 bits per heavy atom. The third-order valence-corrected chi connectivity index (χ3v) is 7.37. The van der Waals surface area contributed by atoms with Gasteiger partial charge in [-0.3, -0.25) is 14.4 Å². The first-order valence-corrected chi connectivity index (χ1v) is 11.5. The predicted octanol–water partition coefficient (Wildman–Crippen LogP) is 1.62. The number of aromatic amines is 1. The van der Waals surface area contributed by atoms with Gasteiger partial charge >= 0.3 is 0 Å². The lowest BCUT2D eigenvalue weighted by Crippen LogP contribution is -2.52. The summed E-state index contributed by atoms with van der Waals surface area (Å²) in [5.74, 6) is -0.413. The van der Waals surface area contributed by atoms with E-state index in [-0.39, 0.29) is 36.0 Å². The smallest absolute Gasteiger partial charge is 0.271 e. The predicted molar refractivity (Wildman–Crippen MR) is 118 cm³/mol. The quantitative estimate of drug-likeness (QED) is 0.598. The number of hydrogen-bond acceptors (Lipinski definition) is 4. The standard InChI is InChI=1S/C24H28N4O4/c29-13-17(10-15-8-9-25-22(15)30)26-23(31)21-18-6-3-5-16(18)12-28(21)24(32)20-11-14-4-1-2-7-19(14)27-20/h1-2,4,7,11,13,15-18,21,27H,3,5-6,8-10,12H2,(H,25,30)(H,26,31)/t15-,16-,17-,18+,21+/m0/s1. The summed E-state index contributed by atoms with van der Waals surface area (Å²) in [7, 11) is 0. The molecule has 3 heterocycles. The molecule has 8 heteroatoms. The number of nitrogens with zero attached hydrogens (tertiary/aromatic N) is 1. The van der Waals surface area contributed by atoms with Crippen LogP contribution >= 0.6 is 0 Å². The molecule has 3 amide bonds. The Morgan fingerprint density at radius 1 is 1.22 bits per heavy atom. The Balaban J connectivity index is 1.35. The van der Waals surface area contributed by atoms with Crippen LogP contribution in [0.1, 0.15) is 42.6 Å². The second kappa shape index (κ2) is 8.41. The third-order valence-electron chi connectivity index (χ3n) is 7.37. The maximum Gasteiger partial charge on any atom is 0.271 e. The first-order chi connectivity index (χ1) is 15.5. The topological polar surface area (TPSA) is 111 Å². The second-order valence-corrected chi connectivity index (χ2v) is 9.29. The van der Waals surface area contributed by atoms with Crippen LogP contribution in [-0.2, 0) is 14.4 Å². The van der Waals surface area contributed by atoms with Gasteiger partial charge in [0.2, 0.25) is 11.8 Å². The van der Waals surface area contributed by atoms with E-state index < -0.39 is 12.1 Å². The molecule has 2 aromatic rings. The SMILES string of the molecule is O=C[C@H](C[C@@H]1CCNC1=O)NC(=O)[C@H]1[C@@H]2CCC[C@H]2CN1C(=O)c1cc2ccccc2[nH]1. The summed E-state index contributed by atoms with van der Waals surface area (Å²) in [6.45, 7) is 1.15. The van der Waals surface area contributed by atoms with Crippen LogP contribution in [0, 0.1) is 17.8 Å². The maximum absolute atomic E-state index is 13.4. The van der Waals surface area contributed by atoms with Crippen molar-refractivity contribution in [1.29, 1.82) is 0 Å². The fraction of sp³-hybridized carbons (Fsp3) is 0.500. The van der Waals surface area contributed by atoms with Crippen molar-refractivity contribution in [3.63, 3.8) is 0 Å². The number of fused-ring (bicyclic) bond motifs is 2. The van der Waals surface area contributed by atoms with Gasteiger partial charge in [0.25, 0.3) is 5.91 Å². The highest BCUT2D eigenvalue weighted by atomic mass is 16.2. The van der Waals surface area contributed by atoms with Gasteiger partial charge in [-0.2, -0.15) is 0 Å². The van der Waals surface area contributed by atoms with Crippen molar-refractivity contribution >= 4 is 34.9 Å². The van der Waals surface area contributed by atoms with E-state index in [0.717, 1.165) is 30.2 Å². The van der Waals surface area contributed by atoms with Crippen molar-refractivity contribution in [3.05, 3.63) is 36.0 Å². The summed E-state index contributed by atoms with van der Waals surface area (Å²) >= 11 is 0. The van der Waals surface area contributed by atoms with Gasteiger partial charge in [0.05, 0.1) is 6.04 Å². The van der Waals surface area contributed by atoms with E-state index in [1.54, 1.807) is 4.90 Å². The maximum atomic E-state index is 13.4. The lowest BCUT2D eigenvalue weighted by molar-refractivity contribution is -0.129. The van der Waals surface area contributed by atoms with Gasteiger partial charge in [-0.05, 0) is 49.7 Å². The highest BCUT2D eigenvalue weighted by molar-refractivity contribution is 6.01. The van der Waals surface area contributed by atoms with Crippen molar-refractivity contribution in [1.82, 2.24) is 20.5 Å². The number of rotatable bonds is 6. The van der Waals surface area contributed by atoms with Crippen LogP contribution in [0.25, 0.3) is 10.9 Å². The largest absolute Gasteiger partial charge is 0.356 e. The van der Waals surface area contributed by atoms with Crippen LogP contribution in [0.5, 0.6) is 0 Å². The van der Waals surface area contributed by atoms with E-state index in [1.807, 2.05) is 30.3 Å². The summed E-state index contributed by atoms with van der Waals surface area (Å²) in [5, 5.41) is 6.56. The molecule has 0 radical (unpaired) electrons. The summed E-state index contributed by atoms with van der Waals surface area (Å²) in [6.07, 6.45) is 4.61. The minimum absolute atomic E-state index is 0.0709. The number of nitrogens with one attached hydrogen (secondary N) is 3. The van der Waals surface area contributed by atoms with E-state index in [1.165, 1.54) is 0 Å². The van der Waals surface area contributed by atoms with Gasteiger partial charge in [-0.1, -0.05) is 24.6 Å². The monoisotopic (exact) mass is 436 g/mol. The Morgan fingerprint density at radius 2 is 2.06 bits per heavy atom. The van der Waals surface area contributed by atoms with Gasteiger partial charge in [0.15, 0.2) is 0 Å². The lowest BCUT2D eigenvalue weighted by Gasteiger charge is -2.28. The number of carbonyl (C=O) groups is 4. The molecule has 5 rings (SSSR count). The van der Waals surface area contributed by atoms with E-state index in [4.69, 9.17) is 0 Å². The van der Waals surface area contributed by atoms with E-state index in [0.29, 0.717) is 37.4 Å². The van der Waals surface area contributed by atoms with Crippen LogP contribution in [0.15, 0.2) is 30.3 Å². The Hall–Kier alpha value is -3.16. The number of H-pyrrole nitrogens is 1. The molecule has 5 atom stereocenters. The average Bonchev–Trinajstić information content (AvgIpc) is 3.56. The van der Waals surface area contributed by atoms with Crippen LogP contribution in [0.4, 0.5) is 0 Å². The number of benzene rings is 1. The zero-order chi connectivity index (χ0) is 22.2. The molecular formula is C24H28N4O4. The molecule has 168 valence electrons. The number of carbonyl (C=O) groups excluding carboxylic acids is 4. The van der Waals surface area contributed by atoms with Crippen molar-refractivity contribution in [3.8, 4) is 0 Å². The van der Waals surface area contributed by atoms with Gasteiger partial charge in [0.1, 0.15) is 18.0 Å². The van der Waals surface area contributed by atoms with Crippen LogP contribution in [-0.4, -0.2) is 59.1 Å². The number of para-hydroxylation sites is 1. The number of aldehydes is 1. The van der Waals surface area contributed by atoms with Crippen molar-refractivity contribution in [2.24, 2.45) is 17.8 Å². The number of aromatic nitrogens is 1. The molecule has 3 aliphatic rings. The van der Waals surface area contributed by atoms with Gasteiger partial charge in [-0.25, -0.2) is 0 Å². The van der Waals surface area contributed by atoms with E-state index in [2.05, 4.69) is 15.6 Å². The normalized spacial score (nSPS) is 27.9. The molecular weight excluding hydrogens is 408 g/mol. The zero-order valence-electron chi connectivity index (χ0n) is 17.9. The first-order valence-electron chi connectivity index (χ1n) is 11.5. The molecule has 1 aliphatic carbocycles. The lowest BCUT2D eigenvalue weighted by atomic mass is 9.92. The van der Waals surface area contributed by atoms with Gasteiger partial charge in [-0.15, -0.1) is 0 Å². The molecule has 2 saturated heterocycles. The summed E-state index contributed by atoms with van der Waals surface area (Å²) < 4.78 is 0. The van der Waals surface area contributed by atoms with E-state index in [9.17, 15) is 19.2 Å². The number of hydrogen-bond donors (Lipinski definition) is 3. The fourth-order valence-corrected chi connectivity index (χ4v) is 5.79. The molecule has 3 N–H and O–H groups in total. The Labute approximate surface area is 186 Å². The summed E-state index contributed by atoms with van der Waals surface area (Å²) in [4.78, 5) is 55.2. The van der Waals surface area contributed by atoms with Crippen LogP contribution < -0.4 is 10.6 Å². The third kappa shape index (κ3) is 3.67. The molecule has 0 spiro atoms. The van der Waals surface area contributed by atoms with Gasteiger partial charge < -0.3 is 25.3 Å². The number of amides is 3. The van der Waals surface area contributed by atoms with Gasteiger partial charge in [0, 0.05) is 29.9 Å². The molecule has 2 aliphatic heterocycles. The first kappa shape index (κ1) is 20.7. The molecule has 8 nitrogen and oxygen atoms in total. The zero-order valence-corrected chi connectivity index (χ0v) is 17.9. The van der Waals surface area contributed by atoms with Crippen LogP contribution in [0.2, 0.25) is 0 Å². The van der Waals surface area contributed by atoms with Crippen molar-refractivity contribution < 1.29 is 19.2 Å². The molecule has 32 heavy (non-hydrogen) atoms. The molecule has 1 aromatic heterocycles. The van der Waals surface area contributed by atoms with Crippen molar-refractivity contribution in [2.75, 3.05) is 13.1 Å². The van der Waals surface area contributed by atoms with Crippen LogP contribution in [0.3, 0.4) is 0 Å². The van der Waals surface area contributed by atoms with Crippen molar-refractivity contribution in [2.45, 2.75) is 44.2 Å². The molecule has 1 aromatic carbocycles. The molecule has 0 unspecified atom stereocenters. The molecule has 1 saturated carbocycles. The second-order valence-electron chi connectivity index (χ2n) is 9.29. The minimum Gasteiger partial charge on any atom is -0.356 e.